The Kier molecular flexibility index (Phi) is 5.06. The van der Waals surface area contributed by atoms with E-state index in [-0.39, 0.29) is 18.4 Å². The van der Waals surface area contributed by atoms with Crippen LogP contribution in [0.1, 0.15) is 49.3 Å². The van der Waals surface area contributed by atoms with Gasteiger partial charge in [0.2, 0.25) is 0 Å². The van der Waals surface area contributed by atoms with Crippen molar-refractivity contribution >= 4 is 0 Å². The molecule has 0 heterocycles. The van der Waals surface area contributed by atoms with Gasteiger partial charge in [0, 0.05) is 6.04 Å². The first kappa shape index (κ1) is 15.3. The Balaban J connectivity index is 1.99. The molecule has 1 aliphatic carbocycles. The number of ether oxygens (including phenoxy) is 1. The van der Waals surface area contributed by atoms with E-state index < -0.39 is 0 Å². The molecule has 0 aromatic heterocycles. The van der Waals surface area contributed by atoms with Gasteiger partial charge < -0.3 is 9.84 Å². The molecule has 1 fully saturated rings. The number of nitrogens with one attached hydrogen (secondary N) is 1. The van der Waals surface area contributed by atoms with Gasteiger partial charge in [0.15, 0.2) is 0 Å². The first-order valence-electron chi connectivity index (χ1n) is 7.66. The Hall–Kier alpha value is -1.06. The normalized spacial score (nSPS) is 24.4. The summed E-state index contributed by atoms with van der Waals surface area (Å²) < 4.78 is 6.06. The third kappa shape index (κ3) is 3.74. The number of rotatable bonds is 4. The Morgan fingerprint density at radius 1 is 1.15 bits per heavy atom. The number of hydrogen-bond donors (Lipinski definition) is 2. The number of aliphatic hydroxyl groups excluding tert-OH is 1. The molecule has 112 valence electrons. The summed E-state index contributed by atoms with van der Waals surface area (Å²) in [6.07, 6.45) is 3.91. The molecule has 0 aliphatic heterocycles. The van der Waals surface area contributed by atoms with Crippen LogP contribution in [-0.4, -0.2) is 23.5 Å². The number of aryl methyl sites for hydroxylation is 3. The number of benzene rings is 1. The Labute approximate surface area is 122 Å². The molecular weight excluding hydrogens is 250 g/mol. The van der Waals surface area contributed by atoms with Crippen LogP contribution in [0, 0.1) is 20.8 Å². The molecule has 3 unspecified atom stereocenters. The number of aliphatic hydroxyl groups is 1. The quantitative estimate of drug-likeness (QED) is 0.830. The van der Waals surface area contributed by atoms with E-state index in [0.29, 0.717) is 0 Å². The lowest BCUT2D eigenvalue weighted by Gasteiger charge is -2.31. The van der Waals surface area contributed by atoms with E-state index >= 15 is 0 Å². The zero-order valence-electron chi connectivity index (χ0n) is 13.1. The van der Waals surface area contributed by atoms with E-state index in [4.69, 9.17) is 4.74 Å². The standard InChI is InChI=1S/C17H27NO2/c1-11-9-12(2)17(13(3)10-11)20-14(4)18-15-7-5-6-8-16(15)19/h9-10,14-16,18-19H,5-8H2,1-4H3. The average Bonchev–Trinajstić information content (AvgIpc) is 2.36. The molecule has 0 saturated heterocycles. The summed E-state index contributed by atoms with van der Waals surface area (Å²) in [6.45, 7) is 8.28. The molecule has 2 rings (SSSR count). The van der Waals surface area contributed by atoms with Crippen molar-refractivity contribution in [1.82, 2.24) is 5.32 Å². The van der Waals surface area contributed by atoms with Crippen LogP contribution < -0.4 is 10.1 Å². The zero-order valence-corrected chi connectivity index (χ0v) is 13.1. The Morgan fingerprint density at radius 3 is 2.35 bits per heavy atom. The van der Waals surface area contributed by atoms with Crippen molar-refractivity contribution in [2.75, 3.05) is 0 Å². The van der Waals surface area contributed by atoms with E-state index in [1.54, 1.807) is 0 Å². The summed E-state index contributed by atoms with van der Waals surface area (Å²) in [5.74, 6) is 0.959. The van der Waals surface area contributed by atoms with Gasteiger partial charge in [-0.1, -0.05) is 30.5 Å². The lowest BCUT2D eigenvalue weighted by molar-refractivity contribution is 0.0577. The van der Waals surface area contributed by atoms with Crippen LogP contribution >= 0.6 is 0 Å². The van der Waals surface area contributed by atoms with Crippen molar-refractivity contribution in [3.05, 3.63) is 28.8 Å². The van der Waals surface area contributed by atoms with Crippen molar-refractivity contribution in [3.63, 3.8) is 0 Å². The highest BCUT2D eigenvalue weighted by molar-refractivity contribution is 5.43. The van der Waals surface area contributed by atoms with E-state index in [1.807, 2.05) is 6.92 Å². The molecule has 1 aromatic carbocycles. The molecular formula is C17H27NO2. The van der Waals surface area contributed by atoms with Crippen molar-refractivity contribution in [2.24, 2.45) is 0 Å². The largest absolute Gasteiger partial charge is 0.475 e. The lowest BCUT2D eigenvalue weighted by Crippen LogP contribution is -2.48. The Morgan fingerprint density at radius 2 is 1.75 bits per heavy atom. The monoisotopic (exact) mass is 277 g/mol. The van der Waals surface area contributed by atoms with Gasteiger partial charge in [-0.05, 0) is 51.7 Å². The van der Waals surface area contributed by atoms with E-state index in [1.165, 1.54) is 23.1 Å². The lowest BCUT2D eigenvalue weighted by atomic mass is 9.92. The molecule has 1 aromatic rings. The molecule has 0 radical (unpaired) electrons. The summed E-state index contributed by atoms with van der Waals surface area (Å²) in [7, 11) is 0. The third-order valence-corrected chi connectivity index (χ3v) is 4.08. The maximum absolute atomic E-state index is 10.0. The summed E-state index contributed by atoms with van der Waals surface area (Å²) >= 11 is 0. The number of hydrogen-bond acceptors (Lipinski definition) is 3. The van der Waals surface area contributed by atoms with E-state index in [2.05, 4.69) is 38.2 Å². The average molecular weight is 277 g/mol. The van der Waals surface area contributed by atoms with Crippen molar-refractivity contribution in [1.29, 1.82) is 0 Å². The van der Waals surface area contributed by atoms with E-state index in [0.717, 1.165) is 25.0 Å². The Bertz CT molecular complexity index is 435. The molecule has 0 bridgehead atoms. The minimum atomic E-state index is -0.241. The minimum absolute atomic E-state index is 0.0899. The van der Waals surface area contributed by atoms with Gasteiger partial charge in [0.1, 0.15) is 12.0 Å². The molecule has 1 aliphatic rings. The SMILES string of the molecule is Cc1cc(C)c(OC(C)NC2CCCCC2O)c(C)c1. The molecule has 0 spiro atoms. The summed E-state index contributed by atoms with van der Waals surface area (Å²) in [6, 6.07) is 4.44. The van der Waals surface area contributed by atoms with Crippen molar-refractivity contribution in [2.45, 2.75) is 71.8 Å². The van der Waals surface area contributed by atoms with Gasteiger partial charge in [-0.15, -0.1) is 0 Å². The van der Waals surface area contributed by atoms with Crippen molar-refractivity contribution < 1.29 is 9.84 Å². The van der Waals surface area contributed by atoms with Crippen LogP contribution in [-0.2, 0) is 0 Å². The molecule has 3 atom stereocenters. The van der Waals surface area contributed by atoms with Crippen LogP contribution in [0.25, 0.3) is 0 Å². The molecule has 0 amide bonds. The second-order valence-corrected chi connectivity index (χ2v) is 6.11. The highest BCUT2D eigenvalue weighted by atomic mass is 16.5. The molecule has 3 heteroatoms. The summed E-state index contributed by atoms with van der Waals surface area (Å²) in [5.41, 5.74) is 3.59. The van der Waals surface area contributed by atoms with Gasteiger partial charge in [-0.2, -0.15) is 0 Å². The maximum Gasteiger partial charge on any atom is 0.147 e. The van der Waals surface area contributed by atoms with Crippen LogP contribution in [0.4, 0.5) is 0 Å². The van der Waals surface area contributed by atoms with Gasteiger partial charge in [0.25, 0.3) is 0 Å². The molecule has 1 saturated carbocycles. The van der Waals surface area contributed by atoms with Crippen molar-refractivity contribution in [3.8, 4) is 5.75 Å². The summed E-state index contributed by atoms with van der Waals surface area (Å²) in [4.78, 5) is 0. The fraction of sp³-hybridized carbons (Fsp3) is 0.647. The second-order valence-electron chi connectivity index (χ2n) is 6.11. The molecule has 3 nitrogen and oxygen atoms in total. The van der Waals surface area contributed by atoms with Crippen LogP contribution in [0.3, 0.4) is 0 Å². The highest BCUT2D eigenvalue weighted by Gasteiger charge is 2.24. The smallest absolute Gasteiger partial charge is 0.147 e. The van der Waals surface area contributed by atoms with Gasteiger partial charge in [-0.3, -0.25) is 5.32 Å². The first-order chi connectivity index (χ1) is 9.47. The van der Waals surface area contributed by atoms with Crippen LogP contribution in [0.15, 0.2) is 12.1 Å². The van der Waals surface area contributed by atoms with Gasteiger partial charge in [-0.25, -0.2) is 0 Å². The van der Waals surface area contributed by atoms with Gasteiger partial charge in [0.05, 0.1) is 6.10 Å². The predicted octanol–water partition coefficient (Wildman–Crippen LogP) is 3.23. The second kappa shape index (κ2) is 6.59. The van der Waals surface area contributed by atoms with Crippen LogP contribution in [0.5, 0.6) is 5.75 Å². The fourth-order valence-corrected chi connectivity index (χ4v) is 3.17. The first-order valence-corrected chi connectivity index (χ1v) is 7.66. The van der Waals surface area contributed by atoms with E-state index in [9.17, 15) is 5.11 Å². The zero-order chi connectivity index (χ0) is 14.7. The highest BCUT2D eigenvalue weighted by Crippen LogP contribution is 2.26. The minimum Gasteiger partial charge on any atom is -0.475 e. The van der Waals surface area contributed by atoms with Gasteiger partial charge >= 0.3 is 0 Å². The topological polar surface area (TPSA) is 41.5 Å². The maximum atomic E-state index is 10.0. The molecule has 2 N–H and O–H groups in total. The predicted molar refractivity (Wildman–Crippen MR) is 82.1 cm³/mol. The van der Waals surface area contributed by atoms with Crippen LogP contribution in [0.2, 0.25) is 0 Å². The fourth-order valence-electron chi connectivity index (χ4n) is 3.17. The molecule has 20 heavy (non-hydrogen) atoms. The summed E-state index contributed by atoms with van der Waals surface area (Å²) in [5, 5.41) is 13.4. The third-order valence-electron chi connectivity index (χ3n) is 4.08.